The van der Waals surface area contributed by atoms with Crippen molar-refractivity contribution in [1.29, 1.82) is 0 Å². The minimum atomic E-state index is -0.546. The maximum Gasteiger partial charge on any atom is 0.167 e. The number of hydrogen-bond donors (Lipinski definition) is 0. The Balaban J connectivity index is 1.09. The van der Waals surface area contributed by atoms with Gasteiger partial charge in [-0.3, -0.25) is 4.98 Å². The van der Waals surface area contributed by atoms with Gasteiger partial charge in [-0.25, -0.2) is 15.0 Å². The number of para-hydroxylation sites is 2. The normalized spacial score (nSPS) is 12.8. The van der Waals surface area contributed by atoms with Crippen molar-refractivity contribution < 1.29 is 4.42 Å². The van der Waals surface area contributed by atoms with Crippen LogP contribution < -0.4 is 0 Å². The highest BCUT2D eigenvalue weighted by molar-refractivity contribution is 6.09. The molecule has 0 bridgehead atoms. The summed E-state index contributed by atoms with van der Waals surface area (Å²) in [5, 5.41) is 2.09. The third kappa shape index (κ3) is 4.95. The van der Waals surface area contributed by atoms with E-state index in [1.807, 2.05) is 79.1 Å². The molecule has 11 rings (SSSR count). The second-order valence-corrected chi connectivity index (χ2v) is 14.2. The molecule has 1 aliphatic rings. The quantitative estimate of drug-likeness (QED) is 0.171. The Hall–Kier alpha value is -7.50. The molecule has 0 radical (unpaired) electrons. The van der Waals surface area contributed by atoms with Gasteiger partial charge in [0.1, 0.15) is 11.2 Å². The smallest absolute Gasteiger partial charge is 0.167 e. The van der Waals surface area contributed by atoms with Gasteiger partial charge in [-0.15, -0.1) is 0 Å². The van der Waals surface area contributed by atoms with E-state index in [0.717, 1.165) is 55.3 Å². The molecule has 0 N–H and O–H groups in total. The minimum absolute atomic E-state index is 0.546. The number of hydrogen-bond acceptors (Lipinski definition) is 5. The zero-order chi connectivity index (χ0) is 37.1. The van der Waals surface area contributed by atoms with E-state index >= 15 is 0 Å². The van der Waals surface area contributed by atoms with E-state index in [1.165, 1.54) is 27.8 Å². The van der Waals surface area contributed by atoms with E-state index in [2.05, 4.69) is 120 Å². The van der Waals surface area contributed by atoms with Gasteiger partial charge < -0.3 is 4.42 Å². The third-order valence-corrected chi connectivity index (χ3v) is 11.2. The van der Waals surface area contributed by atoms with Crippen LogP contribution in [0.25, 0.3) is 78.4 Å². The van der Waals surface area contributed by atoms with Gasteiger partial charge in [-0.05, 0) is 62.7 Å². The van der Waals surface area contributed by atoms with Crippen LogP contribution in [0.2, 0.25) is 0 Å². The molecule has 0 unspecified atom stereocenters. The molecule has 0 amide bonds. The van der Waals surface area contributed by atoms with Crippen LogP contribution in [0.5, 0.6) is 0 Å². The van der Waals surface area contributed by atoms with Crippen LogP contribution in [-0.4, -0.2) is 19.9 Å². The summed E-state index contributed by atoms with van der Waals surface area (Å²) >= 11 is 0. The number of fused-ring (bicyclic) bond motifs is 6. The van der Waals surface area contributed by atoms with E-state index in [9.17, 15) is 0 Å². The summed E-state index contributed by atoms with van der Waals surface area (Å²) in [5.74, 6) is 1.76. The number of benzene rings is 7. The summed E-state index contributed by atoms with van der Waals surface area (Å²) in [6.07, 6.45) is 3.72. The average molecular weight is 717 g/mol. The number of rotatable bonds is 6. The van der Waals surface area contributed by atoms with E-state index in [-0.39, 0.29) is 0 Å². The van der Waals surface area contributed by atoms with Crippen LogP contribution in [0.4, 0.5) is 0 Å². The molecule has 0 atom stereocenters. The van der Waals surface area contributed by atoms with Crippen LogP contribution in [0, 0.1) is 0 Å². The first-order chi connectivity index (χ1) is 27.8. The Kier molecular flexibility index (Phi) is 7.32. The minimum Gasteiger partial charge on any atom is -0.455 e. The third-order valence-electron chi connectivity index (χ3n) is 11.2. The second kappa shape index (κ2) is 12.8. The van der Waals surface area contributed by atoms with Crippen LogP contribution in [0.1, 0.15) is 22.3 Å². The van der Waals surface area contributed by atoms with E-state index in [4.69, 9.17) is 19.4 Å². The highest BCUT2D eigenvalue weighted by Gasteiger charge is 2.45. The molecule has 262 valence electrons. The SMILES string of the molecule is c1ccc(-c2nc(-c3ccc(C4(c5ccc(-c6cccnc6)cc5)c5ccccc5-c5ccccc54)cc3)nc(-c3cccc4c3oc3ccccc34)n2)cc1. The Labute approximate surface area is 323 Å². The molecule has 5 heteroatoms. The highest BCUT2D eigenvalue weighted by Crippen LogP contribution is 2.56. The van der Waals surface area contributed by atoms with Gasteiger partial charge >= 0.3 is 0 Å². The van der Waals surface area contributed by atoms with Gasteiger partial charge in [0.15, 0.2) is 17.5 Å². The lowest BCUT2D eigenvalue weighted by Crippen LogP contribution is -2.28. The molecule has 0 spiro atoms. The molecular weight excluding hydrogens is 685 g/mol. The first kappa shape index (κ1) is 32.0. The van der Waals surface area contributed by atoms with Crippen molar-refractivity contribution in [2.75, 3.05) is 0 Å². The van der Waals surface area contributed by atoms with Crippen LogP contribution >= 0.6 is 0 Å². The standard InChI is InChI=1S/C51H32N4O/c1-2-12-34(13-3-1)48-53-49(55-50(54-48)43-19-10-18-42-41-17-6-9-22-46(41)56-47(42)43)35-25-29-38(30-26-35)51(37-27-23-33(24-28-37)36-14-11-31-52-32-36)44-20-7-4-15-39(44)40-16-5-8-21-45(40)51/h1-32H. The number of aromatic nitrogens is 4. The van der Waals surface area contributed by atoms with Crippen molar-refractivity contribution in [2.24, 2.45) is 0 Å². The molecule has 0 saturated carbocycles. The van der Waals surface area contributed by atoms with Gasteiger partial charge in [-0.2, -0.15) is 0 Å². The van der Waals surface area contributed by atoms with Gasteiger partial charge in [-0.1, -0.05) is 164 Å². The van der Waals surface area contributed by atoms with Crippen molar-refractivity contribution in [3.8, 4) is 56.4 Å². The van der Waals surface area contributed by atoms with Crippen LogP contribution in [-0.2, 0) is 5.41 Å². The maximum atomic E-state index is 6.44. The van der Waals surface area contributed by atoms with Crippen molar-refractivity contribution >= 4 is 21.9 Å². The van der Waals surface area contributed by atoms with Crippen molar-refractivity contribution in [1.82, 2.24) is 19.9 Å². The Morgan fingerprint density at radius 2 is 0.911 bits per heavy atom. The molecule has 5 nitrogen and oxygen atoms in total. The zero-order valence-corrected chi connectivity index (χ0v) is 30.2. The van der Waals surface area contributed by atoms with Gasteiger partial charge in [0.25, 0.3) is 0 Å². The van der Waals surface area contributed by atoms with E-state index in [0.29, 0.717) is 17.5 Å². The Morgan fingerprint density at radius 1 is 0.375 bits per heavy atom. The summed E-state index contributed by atoms with van der Waals surface area (Å²) in [6.45, 7) is 0. The molecule has 3 aromatic heterocycles. The van der Waals surface area contributed by atoms with Gasteiger partial charge in [0.05, 0.1) is 11.0 Å². The fraction of sp³-hybridized carbons (Fsp3) is 0.0196. The Morgan fingerprint density at radius 3 is 1.59 bits per heavy atom. The van der Waals surface area contributed by atoms with E-state index < -0.39 is 5.41 Å². The summed E-state index contributed by atoms with van der Waals surface area (Å²) in [7, 11) is 0. The molecule has 56 heavy (non-hydrogen) atoms. The second-order valence-electron chi connectivity index (χ2n) is 14.2. The van der Waals surface area contributed by atoms with E-state index in [1.54, 1.807) is 0 Å². The summed E-state index contributed by atoms with van der Waals surface area (Å²) in [4.78, 5) is 19.6. The molecule has 10 aromatic rings. The molecule has 7 aromatic carbocycles. The first-order valence-electron chi connectivity index (χ1n) is 18.8. The predicted octanol–water partition coefficient (Wildman–Crippen LogP) is 12.2. The Bertz CT molecular complexity index is 3020. The lowest BCUT2D eigenvalue weighted by Gasteiger charge is -2.34. The monoisotopic (exact) mass is 716 g/mol. The van der Waals surface area contributed by atoms with Crippen LogP contribution in [0.3, 0.4) is 0 Å². The highest BCUT2D eigenvalue weighted by atomic mass is 16.3. The molecular formula is C51H32N4O. The van der Waals surface area contributed by atoms with Crippen LogP contribution in [0.15, 0.2) is 199 Å². The molecule has 3 heterocycles. The summed E-state index contributed by atoms with van der Waals surface area (Å²) in [6, 6.07) is 63.8. The predicted molar refractivity (Wildman–Crippen MR) is 224 cm³/mol. The number of nitrogens with zero attached hydrogens (tertiary/aromatic N) is 4. The summed E-state index contributed by atoms with van der Waals surface area (Å²) in [5.41, 5.74) is 13.3. The first-order valence-corrected chi connectivity index (χ1v) is 18.8. The summed E-state index contributed by atoms with van der Waals surface area (Å²) < 4.78 is 6.44. The van der Waals surface area contributed by atoms with Crippen molar-refractivity contribution in [2.45, 2.75) is 5.41 Å². The largest absolute Gasteiger partial charge is 0.455 e. The van der Waals surface area contributed by atoms with Gasteiger partial charge in [0.2, 0.25) is 0 Å². The molecule has 0 saturated heterocycles. The fourth-order valence-corrected chi connectivity index (χ4v) is 8.60. The maximum absolute atomic E-state index is 6.44. The number of furan rings is 1. The number of pyridine rings is 1. The average Bonchev–Trinajstić information content (AvgIpc) is 3.81. The van der Waals surface area contributed by atoms with Gasteiger partial charge in [0, 0.05) is 34.3 Å². The topological polar surface area (TPSA) is 64.7 Å². The lowest BCUT2D eigenvalue weighted by atomic mass is 9.67. The molecule has 0 fully saturated rings. The molecule has 1 aliphatic carbocycles. The zero-order valence-electron chi connectivity index (χ0n) is 30.2. The lowest BCUT2D eigenvalue weighted by molar-refractivity contribution is 0.669. The fourth-order valence-electron chi connectivity index (χ4n) is 8.60. The molecule has 0 aliphatic heterocycles. The van der Waals surface area contributed by atoms with Crippen molar-refractivity contribution in [3.05, 3.63) is 217 Å². The van der Waals surface area contributed by atoms with Crippen molar-refractivity contribution in [3.63, 3.8) is 0 Å².